The van der Waals surface area contributed by atoms with Gasteiger partial charge < -0.3 is 10.1 Å². The lowest BCUT2D eigenvalue weighted by Crippen LogP contribution is -2.12. The van der Waals surface area contributed by atoms with Crippen LogP contribution in [0.3, 0.4) is 0 Å². The maximum Gasteiger partial charge on any atom is 0.122 e. The Kier molecular flexibility index (Phi) is 5.16. The van der Waals surface area contributed by atoms with Crippen molar-refractivity contribution in [2.45, 2.75) is 13.8 Å². The van der Waals surface area contributed by atoms with Crippen LogP contribution < -0.4 is 10.1 Å². The zero-order chi connectivity index (χ0) is 14.5. The van der Waals surface area contributed by atoms with Crippen molar-refractivity contribution in [3.8, 4) is 5.75 Å². The van der Waals surface area contributed by atoms with E-state index in [2.05, 4.69) is 18.3 Å². The quantitative estimate of drug-likeness (QED) is 0.776. The first-order valence-electron chi connectivity index (χ1n) is 6.46. The molecule has 0 bridgehead atoms. The molecule has 1 N–H and O–H groups in total. The Balaban J connectivity index is 1.86. The Morgan fingerprint density at radius 3 is 2.65 bits per heavy atom. The van der Waals surface area contributed by atoms with E-state index in [1.54, 1.807) is 6.07 Å². The molecule has 0 aliphatic rings. The fraction of sp³-hybridized carbons (Fsp3) is 0.250. The van der Waals surface area contributed by atoms with Crippen molar-refractivity contribution < 1.29 is 4.74 Å². The number of halogens is 2. The number of anilines is 1. The molecule has 20 heavy (non-hydrogen) atoms. The molecule has 0 unspecified atom stereocenters. The summed E-state index contributed by atoms with van der Waals surface area (Å²) in [5.41, 5.74) is 3.20. The van der Waals surface area contributed by atoms with E-state index in [0.29, 0.717) is 23.2 Å². The lowest BCUT2D eigenvalue weighted by molar-refractivity contribution is 0.330. The van der Waals surface area contributed by atoms with Crippen LogP contribution in [0.5, 0.6) is 5.75 Å². The van der Waals surface area contributed by atoms with E-state index in [-0.39, 0.29) is 0 Å². The third-order valence-corrected chi connectivity index (χ3v) is 3.78. The first-order chi connectivity index (χ1) is 9.58. The van der Waals surface area contributed by atoms with Gasteiger partial charge in [0.25, 0.3) is 0 Å². The minimum atomic E-state index is 0.542. The Morgan fingerprint density at radius 1 is 1.10 bits per heavy atom. The standard InChI is InChI=1S/C16H17Cl2NO/c1-11-6-7-15(12(2)10-11)20-9-8-19-14-5-3-4-13(17)16(14)18/h3-7,10,19H,8-9H2,1-2H3. The van der Waals surface area contributed by atoms with Gasteiger partial charge in [0, 0.05) is 6.54 Å². The number of rotatable bonds is 5. The average molecular weight is 310 g/mol. The van der Waals surface area contributed by atoms with Gasteiger partial charge in [0.15, 0.2) is 0 Å². The highest BCUT2D eigenvalue weighted by atomic mass is 35.5. The topological polar surface area (TPSA) is 21.3 Å². The molecule has 0 saturated heterocycles. The van der Waals surface area contributed by atoms with Crippen molar-refractivity contribution >= 4 is 28.9 Å². The van der Waals surface area contributed by atoms with Crippen molar-refractivity contribution in [3.05, 3.63) is 57.6 Å². The maximum absolute atomic E-state index is 6.10. The minimum Gasteiger partial charge on any atom is -0.491 e. The van der Waals surface area contributed by atoms with Crippen LogP contribution >= 0.6 is 23.2 Å². The molecule has 2 nitrogen and oxygen atoms in total. The van der Waals surface area contributed by atoms with E-state index < -0.39 is 0 Å². The van der Waals surface area contributed by atoms with Gasteiger partial charge in [-0.05, 0) is 37.6 Å². The summed E-state index contributed by atoms with van der Waals surface area (Å²) >= 11 is 12.1. The smallest absolute Gasteiger partial charge is 0.122 e. The highest BCUT2D eigenvalue weighted by molar-refractivity contribution is 6.43. The largest absolute Gasteiger partial charge is 0.491 e. The molecule has 106 valence electrons. The molecule has 4 heteroatoms. The fourth-order valence-electron chi connectivity index (χ4n) is 1.95. The average Bonchev–Trinajstić information content (AvgIpc) is 2.41. The monoisotopic (exact) mass is 309 g/mol. The Labute approximate surface area is 129 Å². The van der Waals surface area contributed by atoms with Crippen LogP contribution in [0.4, 0.5) is 5.69 Å². The molecule has 0 aliphatic carbocycles. The van der Waals surface area contributed by atoms with Gasteiger partial charge in [-0.3, -0.25) is 0 Å². The molecule has 0 atom stereocenters. The number of hydrogen-bond donors (Lipinski definition) is 1. The molecule has 0 aliphatic heterocycles. The second-order valence-electron chi connectivity index (χ2n) is 4.65. The molecule has 0 heterocycles. The van der Waals surface area contributed by atoms with Gasteiger partial charge in [-0.2, -0.15) is 0 Å². The van der Waals surface area contributed by atoms with Crippen LogP contribution in [0.15, 0.2) is 36.4 Å². The van der Waals surface area contributed by atoms with E-state index in [0.717, 1.165) is 17.0 Å². The van der Waals surface area contributed by atoms with Crippen LogP contribution in [-0.2, 0) is 0 Å². The van der Waals surface area contributed by atoms with Crippen molar-refractivity contribution in [1.82, 2.24) is 0 Å². The lowest BCUT2D eigenvalue weighted by atomic mass is 10.1. The Morgan fingerprint density at radius 2 is 1.90 bits per heavy atom. The summed E-state index contributed by atoms with van der Waals surface area (Å²) < 4.78 is 5.75. The number of nitrogens with one attached hydrogen (secondary N) is 1. The van der Waals surface area contributed by atoms with Crippen LogP contribution in [0, 0.1) is 13.8 Å². The molecule has 2 aromatic carbocycles. The van der Waals surface area contributed by atoms with Gasteiger partial charge in [0.2, 0.25) is 0 Å². The molecule has 0 saturated carbocycles. The third kappa shape index (κ3) is 3.81. The molecule has 2 rings (SSSR count). The van der Waals surface area contributed by atoms with E-state index in [1.807, 2.05) is 31.2 Å². The second-order valence-corrected chi connectivity index (χ2v) is 5.43. The molecule has 0 spiro atoms. The van der Waals surface area contributed by atoms with Crippen molar-refractivity contribution in [3.63, 3.8) is 0 Å². The number of hydrogen-bond acceptors (Lipinski definition) is 2. The summed E-state index contributed by atoms with van der Waals surface area (Å²) in [5, 5.41) is 4.30. The van der Waals surface area contributed by atoms with Crippen LogP contribution in [-0.4, -0.2) is 13.2 Å². The van der Waals surface area contributed by atoms with Gasteiger partial charge in [-0.1, -0.05) is 47.0 Å². The highest BCUT2D eigenvalue weighted by Crippen LogP contribution is 2.29. The predicted octanol–water partition coefficient (Wildman–Crippen LogP) is 5.10. The first-order valence-corrected chi connectivity index (χ1v) is 7.21. The lowest BCUT2D eigenvalue weighted by Gasteiger charge is -2.12. The summed E-state index contributed by atoms with van der Waals surface area (Å²) in [6.45, 7) is 5.34. The predicted molar refractivity (Wildman–Crippen MR) is 86.4 cm³/mol. The molecule has 2 aromatic rings. The van der Waals surface area contributed by atoms with Gasteiger partial charge in [0.05, 0.1) is 15.7 Å². The van der Waals surface area contributed by atoms with E-state index in [4.69, 9.17) is 27.9 Å². The molecule has 0 aromatic heterocycles. The van der Waals surface area contributed by atoms with Crippen molar-refractivity contribution in [2.75, 3.05) is 18.5 Å². The van der Waals surface area contributed by atoms with Crippen LogP contribution in [0.25, 0.3) is 0 Å². The first kappa shape index (κ1) is 15.0. The number of ether oxygens (including phenoxy) is 1. The second kappa shape index (κ2) is 6.87. The molecular weight excluding hydrogens is 293 g/mol. The molecule has 0 amide bonds. The summed E-state index contributed by atoms with van der Waals surface area (Å²) in [6, 6.07) is 11.7. The van der Waals surface area contributed by atoms with E-state index in [1.165, 1.54) is 5.56 Å². The number of aryl methyl sites for hydroxylation is 2. The summed E-state index contributed by atoms with van der Waals surface area (Å²) in [7, 11) is 0. The SMILES string of the molecule is Cc1ccc(OCCNc2cccc(Cl)c2Cl)c(C)c1. The van der Waals surface area contributed by atoms with Crippen molar-refractivity contribution in [1.29, 1.82) is 0 Å². The minimum absolute atomic E-state index is 0.542. The molecule has 0 fully saturated rings. The zero-order valence-corrected chi connectivity index (χ0v) is 13.1. The summed E-state index contributed by atoms with van der Waals surface area (Å²) in [6.07, 6.45) is 0. The molecule has 0 radical (unpaired) electrons. The fourth-order valence-corrected chi connectivity index (χ4v) is 2.32. The maximum atomic E-state index is 6.10. The van der Waals surface area contributed by atoms with Crippen LogP contribution in [0.1, 0.15) is 11.1 Å². The Hall–Kier alpha value is -1.38. The van der Waals surface area contributed by atoms with Gasteiger partial charge in [-0.15, -0.1) is 0 Å². The van der Waals surface area contributed by atoms with E-state index >= 15 is 0 Å². The molecular formula is C16H17Cl2NO. The third-order valence-electron chi connectivity index (χ3n) is 2.96. The summed E-state index contributed by atoms with van der Waals surface area (Å²) in [4.78, 5) is 0. The van der Waals surface area contributed by atoms with Crippen LogP contribution in [0.2, 0.25) is 10.0 Å². The van der Waals surface area contributed by atoms with E-state index in [9.17, 15) is 0 Å². The van der Waals surface area contributed by atoms with Gasteiger partial charge in [-0.25, -0.2) is 0 Å². The highest BCUT2D eigenvalue weighted by Gasteiger charge is 2.04. The number of benzene rings is 2. The zero-order valence-electron chi connectivity index (χ0n) is 11.5. The summed E-state index contributed by atoms with van der Waals surface area (Å²) in [5.74, 6) is 0.912. The van der Waals surface area contributed by atoms with Crippen molar-refractivity contribution in [2.24, 2.45) is 0 Å². The van der Waals surface area contributed by atoms with Gasteiger partial charge in [0.1, 0.15) is 12.4 Å². The van der Waals surface area contributed by atoms with Gasteiger partial charge >= 0.3 is 0 Å². The normalized spacial score (nSPS) is 10.4. The Bertz CT molecular complexity index is 599.